The highest BCUT2D eigenvalue weighted by molar-refractivity contribution is 5.81. The summed E-state index contributed by atoms with van der Waals surface area (Å²) in [5.41, 5.74) is -0.0483. The van der Waals surface area contributed by atoms with Gasteiger partial charge in [-0.15, -0.1) is 0 Å². The Hall–Kier alpha value is -2.44. The normalized spacial score (nSPS) is 9.79. The second-order valence-electron chi connectivity index (χ2n) is 3.59. The monoisotopic (exact) mass is 267 g/mol. The summed E-state index contributed by atoms with van der Waals surface area (Å²) in [6.07, 6.45) is 0.239. The van der Waals surface area contributed by atoms with Gasteiger partial charge in [0.25, 0.3) is 0 Å². The number of hydrogen-bond acceptors (Lipinski definition) is 6. The number of ether oxygens (including phenoxy) is 2. The van der Waals surface area contributed by atoms with Gasteiger partial charge in [0.05, 0.1) is 25.1 Å². The maximum atomic E-state index is 11.4. The molecule has 1 aromatic rings. The number of carbonyl (C=O) groups is 2. The third-order valence-corrected chi connectivity index (χ3v) is 2.35. The van der Waals surface area contributed by atoms with Crippen molar-refractivity contribution in [3.63, 3.8) is 0 Å². The summed E-state index contributed by atoms with van der Waals surface area (Å²) in [6, 6.07) is 2.53. The van der Waals surface area contributed by atoms with Gasteiger partial charge in [-0.2, -0.15) is 0 Å². The van der Waals surface area contributed by atoms with E-state index in [9.17, 15) is 19.7 Å². The predicted molar refractivity (Wildman–Crippen MR) is 65.4 cm³/mol. The van der Waals surface area contributed by atoms with Crippen molar-refractivity contribution in [3.05, 3.63) is 33.4 Å². The molecule has 0 aliphatic heterocycles. The third kappa shape index (κ3) is 3.51. The molecule has 0 atom stereocenters. The molecule has 0 amide bonds. The smallest absolute Gasteiger partial charge is 0.314 e. The number of nitrogens with zero attached hydrogens (tertiary/aromatic N) is 1. The van der Waals surface area contributed by atoms with Crippen LogP contribution in [0.3, 0.4) is 0 Å². The SMILES string of the molecule is CCOC(=O)Cc1cc(C=O)cc(OC)c1[N+](=O)[O-]. The van der Waals surface area contributed by atoms with Crippen molar-refractivity contribution in [1.29, 1.82) is 0 Å². The first kappa shape index (κ1) is 14.6. The minimum Gasteiger partial charge on any atom is -0.490 e. The molecule has 0 aromatic heterocycles. The molecule has 102 valence electrons. The number of nitro groups is 1. The molecule has 0 saturated carbocycles. The lowest BCUT2D eigenvalue weighted by Gasteiger charge is -2.08. The third-order valence-electron chi connectivity index (χ3n) is 2.35. The van der Waals surface area contributed by atoms with Crippen molar-refractivity contribution in [3.8, 4) is 5.75 Å². The zero-order valence-corrected chi connectivity index (χ0v) is 10.5. The molecule has 0 N–H and O–H groups in total. The first-order chi connectivity index (χ1) is 9.03. The first-order valence-electron chi connectivity index (χ1n) is 5.49. The van der Waals surface area contributed by atoms with Crippen molar-refractivity contribution in [2.45, 2.75) is 13.3 Å². The van der Waals surface area contributed by atoms with E-state index in [-0.39, 0.29) is 35.6 Å². The van der Waals surface area contributed by atoms with Crippen LogP contribution in [0.5, 0.6) is 5.75 Å². The predicted octanol–water partition coefficient (Wildman–Crippen LogP) is 1.52. The molecule has 1 rings (SSSR count). The summed E-state index contributed by atoms with van der Waals surface area (Å²) >= 11 is 0. The fourth-order valence-corrected chi connectivity index (χ4v) is 1.62. The molecule has 0 radical (unpaired) electrons. The van der Waals surface area contributed by atoms with E-state index in [1.54, 1.807) is 6.92 Å². The van der Waals surface area contributed by atoms with Crippen LogP contribution < -0.4 is 4.74 Å². The fourth-order valence-electron chi connectivity index (χ4n) is 1.62. The highest BCUT2D eigenvalue weighted by Gasteiger charge is 2.24. The van der Waals surface area contributed by atoms with E-state index in [1.807, 2.05) is 0 Å². The summed E-state index contributed by atoms with van der Waals surface area (Å²) < 4.78 is 9.62. The largest absolute Gasteiger partial charge is 0.490 e. The molecule has 0 fully saturated rings. The number of benzene rings is 1. The van der Waals surface area contributed by atoms with Crippen LogP contribution in [0.25, 0.3) is 0 Å². The molecule has 7 heteroatoms. The fraction of sp³-hybridized carbons (Fsp3) is 0.333. The minimum absolute atomic E-state index is 0.0612. The number of methoxy groups -OCH3 is 1. The number of carbonyl (C=O) groups excluding carboxylic acids is 2. The van der Waals surface area contributed by atoms with Gasteiger partial charge in [0, 0.05) is 11.1 Å². The topological polar surface area (TPSA) is 95.7 Å². The number of rotatable bonds is 6. The minimum atomic E-state index is -0.651. The molecule has 19 heavy (non-hydrogen) atoms. The van der Waals surface area contributed by atoms with Gasteiger partial charge >= 0.3 is 11.7 Å². The van der Waals surface area contributed by atoms with Crippen molar-refractivity contribution in [1.82, 2.24) is 0 Å². The van der Waals surface area contributed by atoms with Gasteiger partial charge in [-0.1, -0.05) is 0 Å². The Morgan fingerprint density at radius 1 is 1.47 bits per heavy atom. The molecular weight excluding hydrogens is 254 g/mol. The van der Waals surface area contributed by atoms with Crippen LogP contribution in [0, 0.1) is 10.1 Å². The quantitative estimate of drug-likeness (QED) is 0.335. The molecule has 0 heterocycles. The average Bonchev–Trinajstić information content (AvgIpc) is 2.37. The van der Waals surface area contributed by atoms with Gasteiger partial charge in [0.2, 0.25) is 0 Å². The van der Waals surface area contributed by atoms with Gasteiger partial charge in [-0.25, -0.2) is 0 Å². The lowest BCUT2D eigenvalue weighted by Crippen LogP contribution is -2.10. The maximum Gasteiger partial charge on any atom is 0.314 e. The Morgan fingerprint density at radius 2 is 2.16 bits per heavy atom. The zero-order chi connectivity index (χ0) is 14.4. The van der Waals surface area contributed by atoms with Crippen LogP contribution in [-0.2, 0) is 16.0 Å². The second kappa shape index (κ2) is 6.48. The van der Waals surface area contributed by atoms with Crippen LogP contribution in [0.4, 0.5) is 5.69 Å². The Kier molecular flexibility index (Phi) is 4.99. The summed E-state index contributed by atoms with van der Waals surface area (Å²) in [7, 11) is 1.26. The lowest BCUT2D eigenvalue weighted by atomic mass is 10.1. The van der Waals surface area contributed by atoms with Crippen molar-refractivity contribution in [2.75, 3.05) is 13.7 Å². The van der Waals surface area contributed by atoms with E-state index in [0.717, 1.165) is 0 Å². The lowest BCUT2D eigenvalue weighted by molar-refractivity contribution is -0.386. The molecule has 0 aliphatic rings. The summed E-state index contributed by atoms with van der Waals surface area (Å²) in [6.45, 7) is 1.81. The summed E-state index contributed by atoms with van der Waals surface area (Å²) in [5.74, 6) is -0.662. The van der Waals surface area contributed by atoms with Crippen molar-refractivity contribution < 1.29 is 24.0 Å². The van der Waals surface area contributed by atoms with E-state index >= 15 is 0 Å². The number of hydrogen-bond donors (Lipinski definition) is 0. The number of esters is 1. The number of nitro benzene ring substituents is 1. The highest BCUT2D eigenvalue weighted by atomic mass is 16.6. The van der Waals surface area contributed by atoms with E-state index < -0.39 is 10.9 Å². The Bertz CT molecular complexity index is 511. The highest BCUT2D eigenvalue weighted by Crippen LogP contribution is 2.32. The van der Waals surface area contributed by atoms with Crippen LogP contribution in [0.1, 0.15) is 22.8 Å². The van der Waals surface area contributed by atoms with Crippen LogP contribution in [0.2, 0.25) is 0 Å². The van der Waals surface area contributed by atoms with Gasteiger partial charge < -0.3 is 9.47 Å². The van der Waals surface area contributed by atoms with E-state index in [2.05, 4.69) is 0 Å². The van der Waals surface area contributed by atoms with Gasteiger partial charge in [-0.05, 0) is 19.1 Å². The van der Waals surface area contributed by atoms with Crippen LogP contribution in [-0.4, -0.2) is 30.9 Å². The molecule has 0 spiro atoms. The maximum absolute atomic E-state index is 11.4. The molecule has 7 nitrogen and oxygen atoms in total. The van der Waals surface area contributed by atoms with Gasteiger partial charge in [0.1, 0.15) is 6.29 Å². The molecule has 0 saturated heterocycles. The molecule has 0 unspecified atom stereocenters. The van der Waals surface area contributed by atoms with Crippen molar-refractivity contribution >= 4 is 17.9 Å². The molecule has 0 aliphatic carbocycles. The Morgan fingerprint density at radius 3 is 2.63 bits per heavy atom. The van der Waals surface area contributed by atoms with E-state index in [1.165, 1.54) is 19.2 Å². The Balaban J connectivity index is 3.28. The Labute approximate surface area is 109 Å². The standard InChI is InChI=1S/C12H13NO6/c1-3-19-11(15)6-9-4-8(7-14)5-10(18-2)12(9)13(16)17/h4-5,7H,3,6H2,1-2H3. The molecule has 1 aromatic carbocycles. The average molecular weight is 267 g/mol. The molecular formula is C12H13NO6. The summed E-state index contributed by atoms with van der Waals surface area (Å²) in [4.78, 5) is 32.6. The number of aldehydes is 1. The van der Waals surface area contributed by atoms with E-state index in [0.29, 0.717) is 6.29 Å². The zero-order valence-electron chi connectivity index (χ0n) is 10.5. The first-order valence-corrected chi connectivity index (χ1v) is 5.49. The van der Waals surface area contributed by atoms with Crippen molar-refractivity contribution in [2.24, 2.45) is 0 Å². The summed E-state index contributed by atoms with van der Waals surface area (Å²) in [5, 5.41) is 11.0. The second-order valence-corrected chi connectivity index (χ2v) is 3.59. The van der Waals surface area contributed by atoms with Gasteiger partial charge in [-0.3, -0.25) is 19.7 Å². The molecule has 0 bridgehead atoms. The van der Waals surface area contributed by atoms with Crippen LogP contribution in [0.15, 0.2) is 12.1 Å². The van der Waals surface area contributed by atoms with Crippen LogP contribution >= 0.6 is 0 Å². The van der Waals surface area contributed by atoms with Gasteiger partial charge in [0.15, 0.2) is 5.75 Å². The van der Waals surface area contributed by atoms with E-state index in [4.69, 9.17) is 9.47 Å².